The van der Waals surface area contributed by atoms with Gasteiger partial charge in [-0.05, 0) is 79.1 Å². The molecule has 0 unspecified atom stereocenters. The van der Waals surface area contributed by atoms with Crippen LogP contribution >= 0.6 is 0 Å². The molecule has 1 fully saturated rings. The molecular formula is C25H32N2O3S. The first-order valence-corrected chi connectivity index (χ1v) is 12.8. The Morgan fingerprint density at radius 1 is 1.06 bits per heavy atom. The highest BCUT2D eigenvalue weighted by atomic mass is 32.2. The lowest BCUT2D eigenvalue weighted by molar-refractivity contribution is -0.115. The Morgan fingerprint density at radius 2 is 1.71 bits per heavy atom. The summed E-state index contributed by atoms with van der Waals surface area (Å²) in [6.07, 6.45) is 8.32. The summed E-state index contributed by atoms with van der Waals surface area (Å²) in [5, 5.41) is 3.62. The van der Waals surface area contributed by atoms with Crippen LogP contribution in [0.15, 0.2) is 42.0 Å². The number of carbonyl (C=O) groups is 1. The predicted molar refractivity (Wildman–Crippen MR) is 128 cm³/mol. The first-order valence-electron chi connectivity index (χ1n) is 10.9. The lowest BCUT2D eigenvalue weighted by Crippen LogP contribution is -2.30. The number of aryl methyl sites for hydroxylation is 2. The summed E-state index contributed by atoms with van der Waals surface area (Å²) in [5.41, 5.74) is 6.96. The summed E-state index contributed by atoms with van der Waals surface area (Å²) in [7, 11) is -3.59. The van der Waals surface area contributed by atoms with Gasteiger partial charge in [0.25, 0.3) is 5.91 Å². The SMILES string of the molecule is CC/C(=C\c1cc(C)c(-c2ccc(NC3CCCC3)cc2)cc1C)C(=O)NS(C)(=O)=O. The van der Waals surface area contributed by atoms with Gasteiger partial charge in [0, 0.05) is 17.3 Å². The molecule has 2 aromatic carbocycles. The van der Waals surface area contributed by atoms with Crippen molar-refractivity contribution in [2.75, 3.05) is 11.6 Å². The number of hydrogen-bond donors (Lipinski definition) is 2. The third-order valence-corrected chi connectivity index (χ3v) is 6.37. The van der Waals surface area contributed by atoms with Crippen molar-refractivity contribution in [1.29, 1.82) is 0 Å². The van der Waals surface area contributed by atoms with Crippen LogP contribution in [0.3, 0.4) is 0 Å². The largest absolute Gasteiger partial charge is 0.382 e. The third-order valence-electron chi connectivity index (χ3n) is 5.82. The van der Waals surface area contributed by atoms with E-state index in [1.165, 1.54) is 25.7 Å². The lowest BCUT2D eigenvalue weighted by Gasteiger charge is -2.15. The highest BCUT2D eigenvalue weighted by Crippen LogP contribution is 2.30. The summed E-state index contributed by atoms with van der Waals surface area (Å²) in [5.74, 6) is -0.573. The van der Waals surface area contributed by atoms with Crippen molar-refractivity contribution in [1.82, 2.24) is 4.72 Å². The summed E-state index contributed by atoms with van der Waals surface area (Å²) >= 11 is 0. The van der Waals surface area contributed by atoms with Gasteiger partial charge in [-0.2, -0.15) is 0 Å². The van der Waals surface area contributed by atoms with Crippen LogP contribution in [0.2, 0.25) is 0 Å². The van der Waals surface area contributed by atoms with Crippen molar-refractivity contribution < 1.29 is 13.2 Å². The van der Waals surface area contributed by atoms with Gasteiger partial charge < -0.3 is 5.32 Å². The first-order chi connectivity index (χ1) is 14.7. The molecule has 0 heterocycles. The van der Waals surface area contributed by atoms with Gasteiger partial charge in [-0.25, -0.2) is 13.1 Å². The molecule has 0 radical (unpaired) electrons. The van der Waals surface area contributed by atoms with E-state index < -0.39 is 15.9 Å². The highest BCUT2D eigenvalue weighted by Gasteiger charge is 2.15. The Hall–Kier alpha value is -2.60. The van der Waals surface area contributed by atoms with E-state index >= 15 is 0 Å². The molecule has 1 aliphatic carbocycles. The van der Waals surface area contributed by atoms with Gasteiger partial charge in [0.2, 0.25) is 10.0 Å². The lowest BCUT2D eigenvalue weighted by atomic mass is 9.93. The molecule has 1 saturated carbocycles. The number of anilines is 1. The Balaban J connectivity index is 1.83. The summed E-state index contributed by atoms with van der Waals surface area (Å²) < 4.78 is 24.8. The molecule has 0 spiro atoms. The number of amides is 1. The van der Waals surface area contributed by atoms with E-state index in [0.29, 0.717) is 18.0 Å². The Bertz CT molecular complexity index is 1080. The number of rotatable bonds is 7. The topological polar surface area (TPSA) is 75.3 Å². The van der Waals surface area contributed by atoms with Crippen molar-refractivity contribution in [2.24, 2.45) is 0 Å². The second-order valence-electron chi connectivity index (χ2n) is 8.45. The van der Waals surface area contributed by atoms with Gasteiger partial charge in [-0.15, -0.1) is 0 Å². The molecule has 5 nitrogen and oxygen atoms in total. The van der Waals surface area contributed by atoms with Crippen LogP contribution in [0.1, 0.15) is 55.7 Å². The first kappa shape index (κ1) is 23.1. The van der Waals surface area contributed by atoms with Crippen LogP contribution < -0.4 is 10.0 Å². The fourth-order valence-corrected chi connectivity index (χ4v) is 4.57. The second-order valence-corrected chi connectivity index (χ2v) is 10.2. The van der Waals surface area contributed by atoms with E-state index in [-0.39, 0.29) is 0 Å². The van der Waals surface area contributed by atoms with Gasteiger partial charge >= 0.3 is 0 Å². The van der Waals surface area contributed by atoms with Crippen molar-refractivity contribution in [3.05, 3.63) is 58.7 Å². The molecule has 1 amide bonds. The van der Waals surface area contributed by atoms with Crippen LogP contribution in [-0.4, -0.2) is 26.6 Å². The standard InChI is InChI=1S/C25H32N2O3S/c1-5-19(25(28)27-31(4,29)30)16-21-14-18(3)24(15-17(21)2)20-10-12-23(13-11-20)26-22-8-6-7-9-22/h10-16,22,26H,5-9H2,1-4H3,(H,27,28)/b19-16+. The minimum Gasteiger partial charge on any atom is -0.382 e. The van der Waals surface area contributed by atoms with E-state index in [4.69, 9.17) is 0 Å². The fraction of sp³-hybridized carbons (Fsp3) is 0.400. The average molecular weight is 441 g/mol. The molecule has 2 aromatic rings. The van der Waals surface area contributed by atoms with Crippen LogP contribution in [0.5, 0.6) is 0 Å². The van der Waals surface area contributed by atoms with Gasteiger partial charge in [0.15, 0.2) is 0 Å². The Kier molecular flexibility index (Phi) is 7.21. The molecule has 0 saturated heterocycles. The van der Waals surface area contributed by atoms with Gasteiger partial charge in [-0.3, -0.25) is 4.79 Å². The molecule has 0 aliphatic heterocycles. The normalized spacial score (nSPS) is 15.2. The van der Waals surface area contributed by atoms with E-state index in [1.807, 2.05) is 13.8 Å². The van der Waals surface area contributed by atoms with Crippen LogP contribution in [0.4, 0.5) is 5.69 Å². The molecule has 2 N–H and O–H groups in total. The predicted octanol–water partition coefficient (Wildman–Crippen LogP) is 5.19. The van der Waals surface area contributed by atoms with Gasteiger partial charge in [0.05, 0.1) is 6.26 Å². The zero-order chi connectivity index (χ0) is 22.6. The average Bonchev–Trinajstić information content (AvgIpc) is 3.20. The second kappa shape index (κ2) is 9.69. The van der Waals surface area contributed by atoms with Gasteiger partial charge in [0.1, 0.15) is 0 Å². The molecule has 0 aromatic heterocycles. The third kappa shape index (κ3) is 6.20. The van der Waals surface area contributed by atoms with E-state index in [0.717, 1.165) is 39.8 Å². The van der Waals surface area contributed by atoms with Crippen molar-refractivity contribution in [3.8, 4) is 11.1 Å². The minimum atomic E-state index is -3.59. The summed E-state index contributed by atoms with van der Waals surface area (Å²) in [6.45, 7) is 5.90. The Morgan fingerprint density at radius 3 is 2.29 bits per heavy atom. The Labute approximate surface area is 186 Å². The van der Waals surface area contributed by atoms with E-state index in [1.54, 1.807) is 6.08 Å². The van der Waals surface area contributed by atoms with Crippen molar-refractivity contribution in [3.63, 3.8) is 0 Å². The molecular weight excluding hydrogens is 408 g/mol. The van der Waals surface area contributed by atoms with Crippen molar-refractivity contribution >= 4 is 27.7 Å². The highest BCUT2D eigenvalue weighted by molar-refractivity contribution is 7.89. The summed E-state index contributed by atoms with van der Waals surface area (Å²) in [6, 6.07) is 13.3. The van der Waals surface area contributed by atoms with E-state index in [9.17, 15) is 13.2 Å². The smallest absolute Gasteiger partial charge is 0.260 e. The molecule has 0 bridgehead atoms. The zero-order valence-electron chi connectivity index (χ0n) is 18.8. The zero-order valence-corrected chi connectivity index (χ0v) is 19.6. The molecule has 1 aliphatic rings. The van der Waals surface area contributed by atoms with E-state index in [2.05, 4.69) is 53.4 Å². The fourth-order valence-electron chi connectivity index (χ4n) is 4.11. The van der Waals surface area contributed by atoms with Crippen LogP contribution in [0, 0.1) is 13.8 Å². The quantitative estimate of drug-likeness (QED) is 0.581. The maximum atomic E-state index is 12.3. The molecule has 6 heteroatoms. The molecule has 166 valence electrons. The number of benzene rings is 2. The molecule has 3 rings (SSSR count). The monoisotopic (exact) mass is 440 g/mol. The number of sulfonamides is 1. The van der Waals surface area contributed by atoms with Crippen molar-refractivity contribution in [2.45, 2.75) is 58.9 Å². The maximum absolute atomic E-state index is 12.3. The molecule has 31 heavy (non-hydrogen) atoms. The van der Waals surface area contributed by atoms with Gasteiger partial charge in [-0.1, -0.05) is 44.0 Å². The summed E-state index contributed by atoms with van der Waals surface area (Å²) in [4.78, 5) is 12.3. The number of nitrogens with one attached hydrogen (secondary N) is 2. The minimum absolute atomic E-state index is 0.433. The maximum Gasteiger partial charge on any atom is 0.260 e. The number of hydrogen-bond acceptors (Lipinski definition) is 4. The van der Waals surface area contributed by atoms with Crippen LogP contribution in [0.25, 0.3) is 17.2 Å². The molecule has 0 atom stereocenters. The van der Waals surface area contributed by atoms with Crippen LogP contribution in [-0.2, 0) is 14.8 Å². The number of carbonyl (C=O) groups excluding carboxylic acids is 1.